The molecule has 1 N–H and O–H groups in total. The third-order valence-electron chi connectivity index (χ3n) is 5.08. The highest BCUT2D eigenvalue weighted by Crippen LogP contribution is 2.44. The van der Waals surface area contributed by atoms with Gasteiger partial charge >= 0.3 is 0 Å². The van der Waals surface area contributed by atoms with Crippen LogP contribution in [0.3, 0.4) is 0 Å². The molecule has 0 aliphatic heterocycles. The smallest absolute Gasteiger partial charge is 0.0446 e. The first-order valence-corrected chi connectivity index (χ1v) is 9.08. The summed E-state index contributed by atoms with van der Waals surface area (Å²) in [4.78, 5) is 1.58. The number of rotatable bonds is 4. The van der Waals surface area contributed by atoms with Crippen LogP contribution in [0.4, 0.5) is 0 Å². The summed E-state index contributed by atoms with van der Waals surface area (Å²) in [5, 5.41) is 6.01. The van der Waals surface area contributed by atoms with Crippen molar-refractivity contribution in [2.24, 2.45) is 17.3 Å². The van der Waals surface area contributed by atoms with Crippen LogP contribution < -0.4 is 5.32 Å². The second-order valence-corrected chi connectivity index (χ2v) is 8.43. The van der Waals surface area contributed by atoms with Crippen molar-refractivity contribution in [2.45, 2.75) is 66.3 Å². The lowest BCUT2D eigenvalue weighted by Gasteiger charge is -2.39. The highest BCUT2D eigenvalue weighted by Gasteiger charge is 2.33. The van der Waals surface area contributed by atoms with Crippen LogP contribution >= 0.6 is 11.3 Å². The lowest BCUT2D eigenvalue weighted by Crippen LogP contribution is -2.33. The molecule has 0 amide bonds. The number of thiophene rings is 1. The molecular weight excluding hydrogens is 262 g/mol. The van der Waals surface area contributed by atoms with Gasteiger partial charge in [-0.15, -0.1) is 11.3 Å². The van der Waals surface area contributed by atoms with Crippen molar-refractivity contribution in [3.05, 3.63) is 21.9 Å². The lowest BCUT2D eigenvalue weighted by molar-refractivity contribution is 0.133. The van der Waals surface area contributed by atoms with Crippen molar-refractivity contribution in [2.75, 3.05) is 6.54 Å². The van der Waals surface area contributed by atoms with E-state index in [2.05, 4.69) is 51.4 Å². The van der Waals surface area contributed by atoms with Gasteiger partial charge < -0.3 is 5.32 Å². The van der Waals surface area contributed by atoms with E-state index < -0.39 is 0 Å². The van der Waals surface area contributed by atoms with Crippen LogP contribution in [0.2, 0.25) is 0 Å². The Morgan fingerprint density at radius 3 is 2.35 bits per heavy atom. The number of aryl methyl sites for hydroxylation is 1. The highest BCUT2D eigenvalue weighted by molar-refractivity contribution is 7.10. The van der Waals surface area contributed by atoms with Crippen LogP contribution in [0.25, 0.3) is 0 Å². The second-order valence-electron chi connectivity index (χ2n) is 7.48. The fourth-order valence-corrected chi connectivity index (χ4v) is 4.81. The maximum atomic E-state index is 3.76. The Morgan fingerprint density at radius 2 is 1.90 bits per heavy atom. The molecule has 0 bridgehead atoms. The summed E-state index contributed by atoms with van der Waals surface area (Å²) in [6, 6.07) is 2.85. The van der Waals surface area contributed by atoms with E-state index in [1.54, 1.807) is 4.88 Å². The molecule has 1 nitrogen and oxygen atoms in total. The maximum Gasteiger partial charge on any atom is 0.0446 e. The SMILES string of the molecule is CCNC(c1sccc1C)C1CCC(C(C)(C)C)CC1. The first kappa shape index (κ1) is 16.0. The molecular formula is C18H31NS. The zero-order valence-corrected chi connectivity index (χ0v) is 14.6. The molecule has 1 aromatic heterocycles. The number of nitrogens with one attached hydrogen (secondary N) is 1. The van der Waals surface area contributed by atoms with E-state index in [4.69, 9.17) is 0 Å². The molecule has 0 radical (unpaired) electrons. The van der Waals surface area contributed by atoms with Crippen LogP contribution in [-0.2, 0) is 0 Å². The molecule has 1 unspecified atom stereocenters. The summed E-state index contributed by atoms with van der Waals surface area (Å²) in [7, 11) is 0. The number of hydrogen-bond acceptors (Lipinski definition) is 2. The minimum atomic E-state index is 0.484. The highest BCUT2D eigenvalue weighted by atomic mass is 32.1. The Morgan fingerprint density at radius 1 is 1.25 bits per heavy atom. The van der Waals surface area contributed by atoms with Crippen molar-refractivity contribution in [1.29, 1.82) is 0 Å². The van der Waals surface area contributed by atoms with Gasteiger partial charge in [0.2, 0.25) is 0 Å². The normalized spacial score (nSPS) is 25.6. The zero-order chi connectivity index (χ0) is 14.8. The van der Waals surface area contributed by atoms with Gasteiger partial charge in [0.05, 0.1) is 0 Å². The Kier molecular flexibility index (Phi) is 5.30. The zero-order valence-electron chi connectivity index (χ0n) is 13.8. The molecule has 2 rings (SSSR count). The van der Waals surface area contributed by atoms with E-state index in [1.807, 2.05) is 11.3 Å². The van der Waals surface area contributed by atoms with Gasteiger partial charge in [0.1, 0.15) is 0 Å². The van der Waals surface area contributed by atoms with Gasteiger partial charge in [-0.05, 0) is 73.4 Å². The van der Waals surface area contributed by atoms with Crippen LogP contribution in [0.5, 0.6) is 0 Å². The number of hydrogen-bond donors (Lipinski definition) is 1. The molecule has 1 atom stereocenters. The molecule has 0 saturated heterocycles. The summed E-state index contributed by atoms with van der Waals surface area (Å²) < 4.78 is 0. The summed E-state index contributed by atoms with van der Waals surface area (Å²) in [6.07, 6.45) is 5.58. The van der Waals surface area contributed by atoms with Gasteiger partial charge in [-0.3, -0.25) is 0 Å². The molecule has 1 fully saturated rings. The Balaban J connectivity index is 2.04. The molecule has 1 saturated carbocycles. The lowest BCUT2D eigenvalue weighted by atomic mass is 9.68. The van der Waals surface area contributed by atoms with Crippen LogP contribution in [0, 0.1) is 24.2 Å². The van der Waals surface area contributed by atoms with Crippen molar-refractivity contribution >= 4 is 11.3 Å². The van der Waals surface area contributed by atoms with Crippen molar-refractivity contribution in [3.8, 4) is 0 Å². The maximum absolute atomic E-state index is 3.76. The summed E-state index contributed by atoms with van der Waals surface area (Å²) in [5.41, 5.74) is 1.95. The van der Waals surface area contributed by atoms with Gasteiger partial charge in [0.15, 0.2) is 0 Å². The molecule has 1 aliphatic rings. The monoisotopic (exact) mass is 293 g/mol. The fraction of sp³-hybridized carbons (Fsp3) is 0.778. The minimum Gasteiger partial charge on any atom is -0.309 e. The molecule has 2 heteroatoms. The summed E-state index contributed by atoms with van der Waals surface area (Å²) in [5.74, 6) is 1.73. The van der Waals surface area contributed by atoms with Gasteiger partial charge in [0.25, 0.3) is 0 Å². The molecule has 20 heavy (non-hydrogen) atoms. The molecule has 0 aromatic carbocycles. The second kappa shape index (κ2) is 6.62. The van der Waals surface area contributed by atoms with Crippen molar-refractivity contribution in [1.82, 2.24) is 5.32 Å². The van der Waals surface area contributed by atoms with Crippen LogP contribution in [0.1, 0.15) is 69.9 Å². The summed E-state index contributed by atoms with van der Waals surface area (Å²) in [6.45, 7) is 12.8. The fourth-order valence-electron chi connectivity index (χ4n) is 3.71. The van der Waals surface area contributed by atoms with Gasteiger partial charge in [-0.2, -0.15) is 0 Å². The van der Waals surface area contributed by atoms with Crippen molar-refractivity contribution < 1.29 is 0 Å². The Labute approximate surface area is 129 Å². The van der Waals surface area contributed by atoms with E-state index in [1.165, 1.54) is 31.2 Å². The molecule has 1 aromatic rings. The molecule has 0 spiro atoms. The summed E-state index contributed by atoms with van der Waals surface area (Å²) >= 11 is 1.94. The molecule has 1 heterocycles. The topological polar surface area (TPSA) is 12.0 Å². The average Bonchev–Trinajstić information content (AvgIpc) is 2.81. The van der Waals surface area contributed by atoms with E-state index in [0.717, 1.165) is 18.4 Å². The Hall–Kier alpha value is -0.340. The van der Waals surface area contributed by atoms with Crippen LogP contribution in [-0.4, -0.2) is 6.54 Å². The standard InChI is InChI=1S/C18H31NS/c1-6-19-16(17-13(2)11-12-20-17)14-7-9-15(10-8-14)18(3,4)5/h11-12,14-16,19H,6-10H2,1-5H3. The largest absolute Gasteiger partial charge is 0.309 e. The Bertz CT molecular complexity index is 407. The minimum absolute atomic E-state index is 0.484. The first-order chi connectivity index (χ1) is 9.43. The van der Waals surface area contributed by atoms with E-state index in [0.29, 0.717) is 11.5 Å². The van der Waals surface area contributed by atoms with Gasteiger partial charge in [-0.1, -0.05) is 27.7 Å². The third kappa shape index (κ3) is 3.65. The van der Waals surface area contributed by atoms with E-state index in [9.17, 15) is 0 Å². The van der Waals surface area contributed by atoms with Gasteiger partial charge in [-0.25, -0.2) is 0 Å². The van der Waals surface area contributed by atoms with Gasteiger partial charge in [0, 0.05) is 10.9 Å². The average molecular weight is 294 g/mol. The van der Waals surface area contributed by atoms with Crippen LogP contribution in [0.15, 0.2) is 11.4 Å². The predicted octanol–water partition coefficient (Wildman–Crippen LogP) is 5.56. The third-order valence-corrected chi connectivity index (χ3v) is 6.18. The van der Waals surface area contributed by atoms with Crippen molar-refractivity contribution in [3.63, 3.8) is 0 Å². The molecule has 1 aliphatic carbocycles. The molecule has 114 valence electrons. The first-order valence-electron chi connectivity index (χ1n) is 8.20. The van der Waals surface area contributed by atoms with E-state index >= 15 is 0 Å². The quantitative estimate of drug-likeness (QED) is 0.766. The van der Waals surface area contributed by atoms with E-state index in [-0.39, 0.29) is 0 Å². The predicted molar refractivity (Wildman–Crippen MR) is 90.4 cm³/mol.